The molecule has 3 aliphatic rings. The fraction of sp³-hybridized carbons (Fsp3) is 0.571. The highest BCUT2D eigenvalue weighted by molar-refractivity contribution is 5.87. The number of nitrogens with two attached hydrogens (primary N) is 1. The summed E-state index contributed by atoms with van der Waals surface area (Å²) in [5.74, 6) is -1.23. The van der Waals surface area contributed by atoms with Gasteiger partial charge in [0, 0.05) is 37.2 Å². The van der Waals surface area contributed by atoms with Gasteiger partial charge in [-0.1, -0.05) is 30.7 Å². The van der Waals surface area contributed by atoms with E-state index in [9.17, 15) is 23.9 Å². The number of esters is 1. The molecule has 1 unspecified atom stereocenters. The highest BCUT2D eigenvalue weighted by atomic mass is 19.1. The first-order valence-electron chi connectivity index (χ1n) is 16.2. The van der Waals surface area contributed by atoms with Crippen molar-refractivity contribution < 1.29 is 42.8 Å². The van der Waals surface area contributed by atoms with Crippen LogP contribution in [0.3, 0.4) is 0 Å². The third-order valence-corrected chi connectivity index (χ3v) is 8.88. The smallest absolute Gasteiger partial charge is 0.303 e. The minimum atomic E-state index is -0.873. The third-order valence-electron chi connectivity index (χ3n) is 8.88. The molecule has 1 aromatic rings. The predicted octanol–water partition coefficient (Wildman–Crippen LogP) is 3.40. The van der Waals surface area contributed by atoms with Gasteiger partial charge in [-0.05, 0) is 63.8 Å². The first-order chi connectivity index (χ1) is 22.2. The summed E-state index contributed by atoms with van der Waals surface area (Å²) in [6, 6.07) is 4.07. The van der Waals surface area contributed by atoms with E-state index < -0.39 is 41.8 Å². The van der Waals surface area contributed by atoms with Gasteiger partial charge in [0.25, 0.3) is 0 Å². The zero-order valence-corrected chi connectivity index (χ0v) is 27.7. The number of aliphatic hydroxyl groups excluding tert-OH is 1. The van der Waals surface area contributed by atoms with Gasteiger partial charge in [-0.25, -0.2) is 4.39 Å². The topological polar surface area (TPSA) is 162 Å². The van der Waals surface area contributed by atoms with Crippen molar-refractivity contribution in [3.8, 4) is 0 Å². The molecule has 258 valence electrons. The SMILES string of the molecule is CC(=O)O[C@@H](C)/C=C\C(=O)N[C@@H]1C[C@H](C)[C@H](C/C=C(C)/C=C/[C@H]2O[C@H](CC(=O)NCc3cc(N)ccc3F)CC3(CO3)[C@@H]2O)O[C@@H]1C. The van der Waals surface area contributed by atoms with Crippen molar-refractivity contribution in [1.82, 2.24) is 10.6 Å². The molecule has 0 bridgehead atoms. The summed E-state index contributed by atoms with van der Waals surface area (Å²) < 4.78 is 37.1. The van der Waals surface area contributed by atoms with Crippen LogP contribution >= 0.6 is 0 Å². The molecule has 5 N–H and O–H groups in total. The van der Waals surface area contributed by atoms with Crippen molar-refractivity contribution in [2.45, 2.75) is 115 Å². The molecule has 47 heavy (non-hydrogen) atoms. The average molecular weight is 658 g/mol. The Kier molecular flexibility index (Phi) is 12.4. The number of anilines is 1. The highest BCUT2D eigenvalue weighted by Crippen LogP contribution is 2.43. The van der Waals surface area contributed by atoms with E-state index in [0.29, 0.717) is 30.7 Å². The molecule has 2 amide bonds. The lowest BCUT2D eigenvalue weighted by molar-refractivity contribution is -0.145. The maximum absolute atomic E-state index is 14.0. The molecular weight excluding hydrogens is 609 g/mol. The molecule has 3 saturated heterocycles. The number of hydrogen-bond acceptors (Lipinski definition) is 9. The van der Waals surface area contributed by atoms with Crippen LogP contribution in [0.15, 0.2) is 54.2 Å². The minimum absolute atomic E-state index is 0.00706. The molecule has 9 atom stereocenters. The van der Waals surface area contributed by atoms with Crippen LogP contribution in [0.2, 0.25) is 0 Å². The molecule has 0 saturated carbocycles. The second-order valence-electron chi connectivity index (χ2n) is 13.0. The van der Waals surface area contributed by atoms with Gasteiger partial charge in [0.2, 0.25) is 11.8 Å². The van der Waals surface area contributed by atoms with Crippen molar-refractivity contribution in [3.05, 3.63) is 65.5 Å². The Morgan fingerprint density at radius 1 is 1.21 bits per heavy atom. The van der Waals surface area contributed by atoms with Gasteiger partial charge in [0.15, 0.2) is 0 Å². The lowest BCUT2D eigenvalue weighted by Crippen LogP contribution is -2.50. The van der Waals surface area contributed by atoms with Crippen LogP contribution in [0, 0.1) is 11.7 Å². The average Bonchev–Trinajstić information content (AvgIpc) is 3.78. The Hall–Kier alpha value is -3.58. The van der Waals surface area contributed by atoms with Gasteiger partial charge in [-0.3, -0.25) is 14.4 Å². The number of benzene rings is 1. The number of carbonyl (C=O) groups excluding carboxylic acids is 3. The first-order valence-corrected chi connectivity index (χ1v) is 16.2. The molecular formula is C35H48FN3O8. The fourth-order valence-corrected chi connectivity index (χ4v) is 6.09. The summed E-state index contributed by atoms with van der Waals surface area (Å²) in [7, 11) is 0. The van der Waals surface area contributed by atoms with Gasteiger partial charge >= 0.3 is 5.97 Å². The standard InChI is InChI=1S/C35H48FN3O8/c1-20(6-11-30-21(2)14-29(23(4)46-30)39-32(41)13-8-22(3)45-24(5)40)7-12-31-34(43)35(19-44-35)17-27(47-31)16-33(42)38-18-25-15-26(37)9-10-28(25)36/h6-10,12-13,15,21-23,27,29-31,34,43H,11,14,16-19,37H2,1-5H3,(H,38,42)(H,39,41)/b12-7+,13-8-,20-6+/t21-,22-,23+,27+,29+,30-,31+,34+,35?/m0/s1. The van der Waals surface area contributed by atoms with E-state index in [4.69, 9.17) is 24.7 Å². The summed E-state index contributed by atoms with van der Waals surface area (Å²) in [5.41, 5.74) is 6.67. The Balaban J connectivity index is 1.26. The Morgan fingerprint density at radius 2 is 1.96 bits per heavy atom. The summed E-state index contributed by atoms with van der Waals surface area (Å²) in [6.45, 7) is 9.40. The van der Waals surface area contributed by atoms with Crippen LogP contribution in [0.4, 0.5) is 10.1 Å². The Morgan fingerprint density at radius 3 is 2.66 bits per heavy atom. The highest BCUT2D eigenvalue weighted by Gasteiger charge is 2.58. The number of allylic oxidation sites excluding steroid dienone is 2. The number of ether oxygens (including phenoxy) is 4. The lowest BCUT2D eigenvalue weighted by Gasteiger charge is -2.39. The molecule has 0 aliphatic carbocycles. The maximum Gasteiger partial charge on any atom is 0.303 e. The molecule has 1 aromatic carbocycles. The van der Waals surface area contributed by atoms with E-state index in [1.807, 2.05) is 19.9 Å². The number of rotatable bonds is 12. The predicted molar refractivity (Wildman–Crippen MR) is 173 cm³/mol. The van der Waals surface area contributed by atoms with Gasteiger partial charge in [-0.2, -0.15) is 0 Å². The van der Waals surface area contributed by atoms with Gasteiger partial charge in [-0.15, -0.1) is 0 Å². The van der Waals surface area contributed by atoms with Crippen molar-refractivity contribution in [1.29, 1.82) is 0 Å². The third kappa shape index (κ3) is 10.5. The largest absolute Gasteiger partial charge is 0.459 e. The van der Waals surface area contributed by atoms with Crippen LogP contribution in [0.25, 0.3) is 0 Å². The van der Waals surface area contributed by atoms with Crippen LogP contribution in [-0.2, 0) is 39.9 Å². The fourth-order valence-electron chi connectivity index (χ4n) is 6.09. The zero-order valence-electron chi connectivity index (χ0n) is 27.7. The van der Waals surface area contributed by atoms with Crippen molar-refractivity contribution in [2.24, 2.45) is 5.92 Å². The Bertz CT molecular complexity index is 1380. The van der Waals surface area contributed by atoms with Crippen LogP contribution in [-0.4, -0.2) is 77.8 Å². The number of aliphatic hydroxyl groups is 1. The van der Waals surface area contributed by atoms with Gasteiger partial charge in [0.05, 0.1) is 37.4 Å². The van der Waals surface area contributed by atoms with Crippen LogP contribution < -0.4 is 16.4 Å². The van der Waals surface area contributed by atoms with Crippen LogP contribution in [0.5, 0.6) is 0 Å². The maximum atomic E-state index is 14.0. The molecule has 4 rings (SSSR count). The number of carbonyl (C=O) groups is 3. The van der Waals surface area contributed by atoms with Gasteiger partial charge < -0.3 is 40.4 Å². The van der Waals surface area contributed by atoms with E-state index in [0.717, 1.165) is 12.0 Å². The number of hydrogen-bond donors (Lipinski definition) is 4. The quantitative estimate of drug-likeness (QED) is 0.0868. The minimum Gasteiger partial charge on any atom is -0.459 e. The molecule has 3 aliphatic heterocycles. The Labute approximate surface area is 275 Å². The molecule has 1 spiro atoms. The van der Waals surface area contributed by atoms with Crippen LogP contribution in [0.1, 0.15) is 65.9 Å². The normalized spacial score (nSPS) is 31.6. The summed E-state index contributed by atoms with van der Waals surface area (Å²) in [5, 5.41) is 16.7. The summed E-state index contributed by atoms with van der Waals surface area (Å²) >= 11 is 0. The lowest BCUT2D eigenvalue weighted by atomic mass is 9.87. The van der Waals surface area contributed by atoms with E-state index in [-0.39, 0.29) is 48.9 Å². The van der Waals surface area contributed by atoms with Crippen molar-refractivity contribution >= 4 is 23.5 Å². The molecule has 0 radical (unpaired) electrons. The second kappa shape index (κ2) is 16.0. The van der Waals surface area contributed by atoms with Crippen molar-refractivity contribution in [3.63, 3.8) is 0 Å². The number of nitrogen functional groups attached to an aromatic ring is 1. The summed E-state index contributed by atoms with van der Waals surface area (Å²) in [6.07, 6.45) is 7.77. The first kappa shape index (κ1) is 36.3. The van der Waals surface area contributed by atoms with E-state index in [1.165, 1.54) is 37.3 Å². The zero-order chi connectivity index (χ0) is 34.3. The molecule has 12 heteroatoms. The molecule has 3 heterocycles. The second-order valence-corrected chi connectivity index (χ2v) is 13.0. The number of epoxide rings is 1. The number of nitrogens with one attached hydrogen (secondary N) is 2. The molecule has 11 nitrogen and oxygen atoms in total. The molecule has 3 fully saturated rings. The monoisotopic (exact) mass is 657 g/mol. The molecule has 0 aromatic heterocycles. The van der Waals surface area contributed by atoms with Gasteiger partial charge in [0.1, 0.15) is 29.7 Å². The van der Waals surface area contributed by atoms with Crippen molar-refractivity contribution in [2.75, 3.05) is 12.3 Å². The van der Waals surface area contributed by atoms with E-state index in [2.05, 4.69) is 23.6 Å². The van der Waals surface area contributed by atoms with E-state index >= 15 is 0 Å². The summed E-state index contributed by atoms with van der Waals surface area (Å²) in [4.78, 5) is 36.2. The number of halogens is 1. The van der Waals surface area contributed by atoms with E-state index in [1.54, 1.807) is 13.0 Å². The number of amides is 2.